The summed E-state index contributed by atoms with van der Waals surface area (Å²) in [5, 5.41) is 0. The average Bonchev–Trinajstić information content (AvgIpc) is 2.37. The zero-order valence-corrected chi connectivity index (χ0v) is 5.39. The quantitative estimate of drug-likeness (QED) is 0.399. The highest BCUT2D eigenvalue weighted by molar-refractivity contribution is 5.42. The zero-order chi connectivity index (χ0) is 6.69. The van der Waals surface area contributed by atoms with Gasteiger partial charge in [-0.15, -0.1) is 0 Å². The summed E-state index contributed by atoms with van der Waals surface area (Å²) in [4.78, 5) is 0. The Balaban J connectivity index is 2.81. The first-order valence-electron chi connectivity index (χ1n) is 2.87. The van der Waals surface area contributed by atoms with Crippen LogP contribution in [0.1, 0.15) is 6.92 Å². The molecule has 0 aromatic carbocycles. The smallest absolute Gasteiger partial charge is 0.0300 e. The normalized spacial score (nSPS) is 14.7. The van der Waals surface area contributed by atoms with Crippen molar-refractivity contribution in [2.75, 3.05) is 0 Å². The summed E-state index contributed by atoms with van der Waals surface area (Å²) < 4.78 is 0. The standard InChI is InChI=1S/C7H10N2/c1-6(9-8)7-4-2-3-5-7/h2-5,9H,8H2,1H3. The van der Waals surface area contributed by atoms with Crippen LogP contribution in [0.4, 0.5) is 0 Å². The van der Waals surface area contributed by atoms with E-state index in [1.165, 1.54) is 0 Å². The highest BCUT2D eigenvalue weighted by Gasteiger charge is 1.94. The molecule has 0 heterocycles. The molecule has 1 rings (SSSR count). The van der Waals surface area contributed by atoms with Gasteiger partial charge in [0.2, 0.25) is 0 Å². The van der Waals surface area contributed by atoms with Crippen LogP contribution in [-0.2, 0) is 0 Å². The van der Waals surface area contributed by atoms with Crippen LogP contribution in [0.3, 0.4) is 0 Å². The maximum Gasteiger partial charge on any atom is 0.0300 e. The molecule has 1 aliphatic rings. The second-order valence-electron chi connectivity index (χ2n) is 1.94. The molecule has 0 saturated carbocycles. The van der Waals surface area contributed by atoms with Crippen LogP contribution in [0.15, 0.2) is 35.6 Å². The van der Waals surface area contributed by atoms with Gasteiger partial charge >= 0.3 is 0 Å². The van der Waals surface area contributed by atoms with Crippen molar-refractivity contribution in [1.82, 2.24) is 5.43 Å². The number of hydrazine groups is 1. The van der Waals surface area contributed by atoms with Gasteiger partial charge in [-0.05, 0) is 12.5 Å². The summed E-state index contributed by atoms with van der Waals surface area (Å²) in [6.45, 7) is 1.94. The molecule has 0 aliphatic heterocycles. The molecule has 9 heavy (non-hydrogen) atoms. The van der Waals surface area contributed by atoms with Crippen molar-refractivity contribution < 1.29 is 0 Å². The van der Waals surface area contributed by atoms with E-state index in [0.29, 0.717) is 0 Å². The van der Waals surface area contributed by atoms with E-state index >= 15 is 0 Å². The van der Waals surface area contributed by atoms with E-state index in [-0.39, 0.29) is 0 Å². The van der Waals surface area contributed by atoms with Gasteiger partial charge in [-0.1, -0.05) is 24.3 Å². The number of rotatable bonds is 1. The lowest BCUT2D eigenvalue weighted by molar-refractivity contribution is 0.879. The Hall–Kier alpha value is -1.02. The predicted molar refractivity (Wildman–Crippen MR) is 38.3 cm³/mol. The summed E-state index contributed by atoms with van der Waals surface area (Å²) in [6, 6.07) is 0. The first kappa shape index (κ1) is 6.11. The van der Waals surface area contributed by atoms with Crippen LogP contribution in [-0.4, -0.2) is 0 Å². The van der Waals surface area contributed by atoms with Crippen molar-refractivity contribution in [3.63, 3.8) is 0 Å². The van der Waals surface area contributed by atoms with E-state index in [9.17, 15) is 0 Å². The number of hydrogen-bond donors (Lipinski definition) is 2. The molecular weight excluding hydrogens is 112 g/mol. The number of nitrogens with one attached hydrogen (secondary N) is 1. The third-order valence-electron chi connectivity index (χ3n) is 1.31. The van der Waals surface area contributed by atoms with Crippen LogP contribution in [0.2, 0.25) is 0 Å². The minimum atomic E-state index is 1.00. The fourth-order valence-corrected chi connectivity index (χ4v) is 0.707. The highest BCUT2D eigenvalue weighted by Crippen LogP contribution is 2.09. The van der Waals surface area contributed by atoms with Crippen LogP contribution >= 0.6 is 0 Å². The molecule has 0 radical (unpaired) electrons. The molecular formula is C7H10N2. The van der Waals surface area contributed by atoms with Gasteiger partial charge in [-0.2, -0.15) is 0 Å². The first-order chi connectivity index (χ1) is 4.34. The Morgan fingerprint density at radius 3 is 2.44 bits per heavy atom. The number of nitrogens with two attached hydrogens (primary N) is 1. The molecule has 0 aromatic rings. The maximum atomic E-state index is 5.18. The van der Waals surface area contributed by atoms with Gasteiger partial charge in [-0.3, -0.25) is 5.84 Å². The topological polar surface area (TPSA) is 38.0 Å². The van der Waals surface area contributed by atoms with Crippen LogP contribution in [0, 0.1) is 0 Å². The van der Waals surface area contributed by atoms with Crippen LogP contribution in [0.5, 0.6) is 0 Å². The third kappa shape index (κ3) is 1.21. The zero-order valence-electron chi connectivity index (χ0n) is 5.39. The number of allylic oxidation sites excluding steroid dienone is 6. The van der Waals surface area contributed by atoms with Crippen molar-refractivity contribution in [3.05, 3.63) is 35.6 Å². The van der Waals surface area contributed by atoms with E-state index in [1.807, 2.05) is 31.2 Å². The van der Waals surface area contributed by atoms with Gasteiger partial charge in [0, 0.05) is 5.70 Å². The molecule has 0 spiro atoms. The van der Waals surface area contributed by atoms with Gasteiger partial charge in [0.15, 0.2) is 0 Å². The lowest BCUT2D eigenvalue weighted by atomic mass is 10.2. The van der Waals surface area contributed by atoms with E-state index in [1.54, 1.807) is 0 Å². The summed E-state index contributed by atoms with van der Waals surface area (Å²) in [5.41, 5.74) is 4.73. The fourth-order valence-electron chi connectivity index (χ4n) is 0.707. The molecule has 2 nitrogen and oxygen atoms in total. The molecule has 0 aromatic heterocycles. The Bertz CT molecular complexity index is 173. The molecule has 1 aliphatic carbocycles. The second kappa shape index (κ2) is 2.51. The fraction of sp³-hybridized carbons (Fsp3) is 0.143. The van der Waals surface area contributed by atoms with Gasteiger partial charge < -0.3 is 5.43 Å². The lowest BCUT2D eigenvalue weighted by Crippen LogP contribution is -2.19. The predicted octanol–water partition coefficient (Wildman–Crippen LogP) is 0.850. The summed E-state index contributed by atoms with van der Waals surface area (Å²) in [7, 11) is 0. The Morgan fingerprint density at radius 1 is 1.44 bits per heavy atom. The molecule has 3 N–H and O–H groups in total. The summed E-state index contributed by atoms with van der Waals surface area (Å²) >= 11 is 0. The molecule has 0 atom stereocenters. The van der Waals surface area contributed by atoms with Crippen molar-refractivity contribution in [2.24, 2.45) is 5.84 Å². The third-order valence-corrected chi connectivity index (χ3v) is 1.31. The maximum absolute atomic E-state index is 5.18. The SMILES string of the molecule is CC(NN)=C1C=CC=C1. The monoisotopic (exact) mass is 122 g/mol. The molecule has 48 valence electrons. The van der Waals surface area contributed by atoms with E-state index in [4.69, 9.17) is 5.84 Å². The minimum Gasteiger partial charge on any atom is -0.328 e. The molecule has 2 heteroatoms. The van der Waals surface area contributed by atoms with Crippen molar-refractivity contribution in [2.45, 2.75) is 6.92 Å². The van der Waals surface area contributed by atoms with Gasteiger partial charge in [0.25, 0.3) is 0 Å². The van der Waals surface area contributed by atoms with Gasteiger partial charge in [0.05, 0.1) is 0 Å². The highest BCUT2D eigenvalue weighted by atomic mass is 15.2. The van der Waals surface area contributed by atoms with Crippen molar-refractivity contribution >= 4 is 0 Å². The largest absolute Gasteiger partial charge is 0.328 e. The van der Waals surface area contributed by atoms with Crippen molar-refractivity contribution in [1.29, 1.82) is 0 Å². The van der Waals surface area contributed by atoms with Crippen molar-refractivity contribution in [3.8, 4) is 0 Å². The lowest BCUT2D eigenvalue weighted by Gasteiger charge is -1.99. The van der Waals surface area contributed by atoms with Gasteiger partial charge in [0.1, 0.15) is 0 Å². The molecule has 0 unspecified atom stereocenters. The molecule has 0 bridgehead atoms. The Labute approximate surface area is 54.7 Å². The van der Waals surface area contributed by atoms with E-state index in [2.05, 4.69) is 5.43 Å². The summed E-state index contributed by atoms with van der Waals surface area (Å²) in [6.07, 6.45) is 7.98. The summed E-state index contributed by atoms with van der Waals surface area (Å²) in [5.74, 6) is 5.18. The Morgan fingerprint density at radius 2 is 2.00 bits per heavy atom. The molecule has 0 fully saturated rings. The molecule has 0 amide bonds. The van der Waals surface area contributed by atoms with E-state index < -0.39 is 0 Å². The molecule has 0 saturated heterocycles. The Kier molecular flexibility index (Phi) is 1.70. The number of hydrogen-bond acceptors (Lipinski definition) is 2. The van der Waals surface area contributed by atoms with Crippen LogP contribution in [0.25, 0.3) is 0 Å². The van der Waals surface area contributed by atoms with Crippen LogP contribution < -0.4 is 11.3 Å². The van der Waals surface area contributed by atoms with Gasteiger partial charge in [-0.25, -0.2) is 0 Å². The first-order valence-corrected chi connectivity index (χ1v) is 2.87. The van der Waals surface area contributed by atoms with E-state index in [0.717, 1.165) is 11.3 Å². The second-order valence-corrected chi connectivity index (χ2v) is 1.94. The minimum absolute atomic E-state index is 1.00. The average molecular weight is 122 g/mol.